The standard InChI is InChI=1S/C10H8F2N4O2S/c11-10(12)6-4-8(19-5-9(17)18)16(15-6)7-2-1-3-13-14-7/h1-4,10H,5H2,(H,17,18). The van der Waals surface area contributed by atoms with Crippen molar-refractivity contribution in [3.63, 3.8) is 0 Å². The van der Waals surface area contributed by atoms with Crippen molar-refractivity contribution in [1.82, 2.24) is 20.0 Å². The van der Waals surface area contributed by atoms with Crippen molar-refractivity contribution >= 4 is 17.7 Å². The molecule has 6 nitrogen and oxygen atoms in total. The Morgan fingerprint density at radius 2 is 2.32 bits per heavy atom. The molecule has 0 aliphatic heterocycles. The molecule has 2 heterocycles. The first-order valence-corrected chi connectivity index (χ1v) is 6.07. The number of aliphatic carboxylic acids is 1. The predicted octanol–water partition coefficient (Wildman–Crippen LogP) is 1.78. The van der Waals surface area contributed by atoms with Gasteiger partial charge in [-0.25, -0.2) is 13.5 Å². The van der Waals surface area contributed by atoms with Crippen LogP contribution >= 0.6 is 11.8 Å². The molecule has 0 saturated heterocycles. The van der Waals surface area contributed by atoms with E-state index in [9.17, 15) is 13.6 Å². The summed E-state index contributed by atoms with van der Waals surface area (Å²) in [7, 11) is 0. The molecule has 0 fully saturated rings. The molecule has 0 aromatic carbocycles. The summed E-state index contributed by atoms with van der Waals surface area (Å²) >= 11 is 0.888. The number of rotatable bonds is 5. The smallest absolute Gasteiger partial charge is 0.313 e. The summed E-state index contributed by atoms with van der Waals surface area (Å²) in [5, 5.41) is 20.0. The molecule has 2 rings (SSSR count). The summed E-state index contributed by atoms with van der Waals surface area (Å²) in [4.78, 5) is 10.5. The lowest BCUT2D eigenvalue weighted by Gasteiger charge is -2.03. The number of hydrogen-bond acceptors (Lipinski definition) is 5. The lowest BCUT2D eigenvalue weighted by atomic mass is 10.5. The average Bonchev–Trinajstić information content (AvgIpc) is 2.81. The number of carboxylic acids is 1. The van der Waals surface area contributed by atoms with Crippen LogP contribution in [0.5, 0.6) is 0 Å². The van der Waals surface area contributed by atoms with E-state index in [1.807, 2.05) is 0 Å². The monoisotopic (exact) mass is 286 g/mol. The molecule has 9 heteroatoms. The zero-order valence-corrected chi connectivity index (χ0v) is 10.2. The third kappa shape index (κ3) is 3.25. The van der Waals surface area contributed by atoms with Crippen LogP contribution in [-0.4, -0.2) is 36.8 Å². The minimum Gasteiger partial charge on any atom is -0.481 e. The molecule has 0 saturated carbocycles. The zero-order valence-electron chi connectivity index (χ0n) is 9.40. The Hall–Kier alpha value is -2.03. The molecule has 0 bridgehead atoms. The molecule has 100 valence electrons. The molecule has 2 aromatic heterocycles. The number of carbonyl (C=O) groups is 1. The van der Waals surface area contributed by atoms with Crippen LogP contribution in [-0.2, 0) is 4.79 Å². The van der Waals surface area contributed by atoms with Gasteiger partial charge in [0.2, 0.25) is 0 Å². The maximum atomic E-state index is 12.6. The van der Waals surface area contributed by atoms with Crippen molar-refractivity contribution in [3.05, 3.63) is 30.1 Å². The minimum atomic E-state index is -2.73. The second-order valence-electron chi connectivity index (χ2n) is 3.38. The van der Waals surface area contributed by atoms with Gasteiger partial charge in [0.05, 0.1) is 5.75 Å². The Balaban J connectivity index is 2.37. The van der Waals surface area contributed by atoms with Gasteiger partial charge in [-0.05, 0) is 18.2 Å². The summed E-state index contributed by atoms with van der Waals surface area (Å²) in [6.07, 6.45) is -1.30. The highest BCUT2D eigenvalue weighted by atomic mass is 32.2. The Morgan fingerprint density at radius 1 is 1.53 bits per heavy atom. The molecule has 0 amide bonds. The van der Waals surface area contributed by atoms with Crippen LogP contribution in [0.1, 0.15) is 12.1 Å². The average molecular weight is 286 g/mol. The Labute approximate surface area is 110 Å². The zero-order chi connectivity index (χ0) is 13.8. The molecule has 1 N–H and O–H groups in total. The van der Waals surface area contributed by atoms with E-state index in [0.29, 0.717) is 0 Å². The summed E-state index contributed by atoms with van der Waals surface area (Å²) < 4.78 is 26.4. The second kappa shape index (κ2) is 5.74. The van der Waals surface area contributed by atoms with Crippen molar-refractivity contribution in [3.8, 4) is 5.82 Å². The molecular formula is C10H8F2N4O2S. The highest BCUT2D eigenvalue weighted by Crippen LogP contribution is 2.26. The van der Waals surface area contributed by atoms with Gasteiger partial charge in [0, 0.05) is 6.20 Å². The second-order valence-corrected chi connectivity index (χ2v) is 4.38. The molecule has 2 aromatic rings. The van der Waals surface area contributed by atoms with E-state index in [-0.39, 0.29) is 16.6 Å². The Kier molecular flexibility index (Phi) is 4.05. The minimum absolute atomic E-state index is 0.252. The molecule has 19 heavy (non-hydrogen) atoms. The van der Waals surface area contributed by atoms with Gasteiger partial charge in [-0.1, -0.05) is 11.8 Å². The Bertz CT molecular complexity index is 576. The Morgan fingerprint density at radius 3 is 2.89 bits per heavy atom. The number of alkyl halides is 2. The van der Waals surface area contributed by atoms with E-state index in [1.54, 1.807) is 12.1 Å². The number of thioether (sulfide) groups is 1. The summed E-state index contributed by atoms with van der Waals surface area (Å²) in [6, 6.07) is 4.27. The maximum absolute atomic E-state index is 12.6. The number of nitrogens with zero attached hydrogens (tertiary/aromatic N) is 4. The van der Waals surface area contributed by atoms with Gasteiger partial charge in [-0.2, -0.15) is 10.2 Å². The van der Waals surface area contributed by atoms with Crippen molar-refractivity contribution in [1.29, 1.82) is 0 Å². The summed E-state index contributed by atoms with van der Waals surface area (Å²) in [5.74, 6) is -1.05. The number of carboxylic acid groups (broad SMARTS) is 1. The topological polar surface area (TPSA) is 80.9 Å². The van der Waals surface area contributed by atoms with E-state index in [1.165, 1.54) is 6.20 Å². The van der Waals surface area contributed by atoms with Gasteiger partial charge >= 0.3 is 5.97 Å². The van der Waals surface area contributed by atoms with Crippen molar-refractivity contribution in [2.75, 3.05) is 5.75 Å². The highest BCUT2D eigenvalue weighted by molar-refractivity contribution is 7.99. The van der Waals surface area contributed by atoms with Crippen LogP contribution in [0.15, 0.2) is 29.4 Å². The molecular weight excluding hydrogens is 278 g/mol. The van der Waals surface area contributed by atoms with Crippen molar-refractivity contribution in [2.24, 2.45) is 0 Å². The van der Waals surface area contributed by atoms with E-state index < -0.39 is 18.1 Å². The van der Waals surface area contributed by atoms with Crippen LogP contribution in [0.2, 0.25) is 0 Å². The normalized spacial score (nSPS) is 10.9. The fourth-order valence-corrected chi connectivity index (χ4v) is 2.03. The number of aromatic nitrogens is 4. The molecule has 0 aliphatic carbocycles. The van der Waals surface area contributed by atoms with Crippen LogP contribution in [0.4, 0.5) is 8.78 Å². The van der Waals surface area contributed by atoms with Crippen molar-refractivity contribution in [2.45, 2.75) is 11.5 Å². The van der Waals surface area contributed by atoms with E-state index in [0.717, 1.165) is 22.5 Å². The molecule has 0 spiro atoms. The SMILES string of the molecule is O=C(O)CSc1cc(C(F)F)nn1-c1cccnn1. The van der Waals surface area contributed by atoms with Crippen LogP contribution in [0.25, 0.3) is 5.82 Å². The molecule has 0 aliphatic rings. The lowest BCUT2D eigenvalue weighted by molar-refractivity contribution is -0.133. The first-order valence-electron chi connectivity index (χ1n) is 5.08. The van der Waals surface area contributed by atoms with Gasteiger partial charge in [0.25, 0.3) is 6.43 Å². The van der Waals surface area contributed by atoms with E-state index in [4.69, 9.17) is 5.11 Å². The van der Waals surface area contributed by atoms with Gasteiger partial charge in [-0.15, -0.1) is 5.10 Å². The maximum Gasteiger partial charge on any atom is 0.313 e. The number of hydrogen-bond donors (Lipinski definition) is 1. The quantitative estimate of drug-likeness (QED) is 0.844. The lowest BCUT2D eigenvalue weighted by Crippen LogP contribution is -2.04. The molecule has 0 radical (unpaired) electrons. The van der Waals surface area contributed by atoms with Crippen LogP contribution in [0, 0.1) is 0 Å². The third-order valence-electron chi connectivity index (χ3n) is 2.04. The fourth-order valence-electron chi connectivity index (χ4n) is 1.30. The van der Waals surface area contributed by atoms with Crippen molar-refractivity contribution < 1.29 is 18.7 Å². The third-order valence-corrected chi connectivity index (χ3v) is 3.02. The van der Waals surface area contributed by atoms with Gasteiger partial charge in [0.1, 0.15) is 10.7 Å². The van der Waals surface area contributed by atoms with Gasteiger partial charge < -0.3 is 5.11 Å². The largest absolute Gasteiger partial charge is 0.481 e. The predicted molar refractivity (Wildman–Crippen MR) is 62.5 cm³/mol. The van der Waals surface area contributed by atoms with E-state index >= 15 is 0 Å². The number of halogens is 2. The van der Waals surface area contributed by atoms with Crippen LogP contribution < -0.4 is 0 Å². The first kappa shape index (κ1) is 13.4. The summed E-state index contributed by atoms with van der Waals surface area (Å²) in [5.41, 5.74) is -0.432. The van der Waals surface area contributed by atoms with Gasteiger partial charge in [0.15, 0.2) is 5.82 Å². The van der Waals surface area contributed by atoms with E-state index in [2.05, 4.69) is 15.3 Å². The first-order chi connectivity index (χ1) is 9.08. The van der Waals surface area contributed by atoms with Gasteiger partial charge in [-0.3, -0.25) is 4.79 Å². The molecule has 0 atom stereocenters. The summed E-state index contributed by atoms with van der Waals surface area (Å²) in [6.45, 7) is 0. The fraction of sp³-hybridized carbons (Fsp3) is 0.200. The van der Waals surface area contributed by atoms with Crippen LogP contribution in [0.3, 0.4) is 0 Å². The highest BCUT2D eigenvalue weighted by Gasteiger charge is 2.18. The molecule has 0 unspecified atom stereocenters.